The highest BCUT2D eigenvalue weighted by Gasteiger charge is 2.13. The van der Waals surface area contributed by atoms with Crippen molar-refractivity contribution in [3.8, 4) is 5.75 Å². The molecule has 1 aromatic carbocycles. The lowest BCUT2D eigenvalue weighted by molar-refractivity contribution is 0.103. The van der Waals surface area contributed by atoms with Gasteiger partial charge in [0.05, 0.1) is 6.10 Å². The normalized spacial score (nSPS) is 10.6. The number of benzene rings is 1. The van der Waals surface area contributed by atoms with Gasteiger partial charge in [-0.15, -0.1) is 0 Å². The topological polar surface area (TPSA) is 71.2 Å². The van der Waals surface area contributed by atoms with E-state index in [-0.39, 0.29) is 16.9 Å². The van der Waals surface area contributed by atoms with Crippen molar-refractivity contribution in [2.45, 2.75) is 26.9 Å². The number of aromatic amines is 1. The summed E-state index contributed by atoms with van der Waals surface area (Å²) in [5.41, 5.74) is 1.24. The summed E-state index contributed by atoms with van der Waals surface area (Å²) in [7, 11) is 0. The minimum Gasteiger partial charge on any atom is -0.491 e. The summed E-state index contributed by atoms with van der Waals surface area (Å²) in [6.07, 6.45) is 0.107. The molecule has 0 aliphatic rings. The fraction of sp³-hybridized carbons (Fsp3) is 0.286. The second kappa shape index (κ2) is 5.92. The van der Waals surface area contributed by atoms with Crippen LogP contribution in [0.3, 0.4) is 0 Å². The van der Waals surface area contributed by atoms with Crippen molar-refractivity contribution < 1.29 is 9.53 Å². The van der Waals surface area contributed by atoms with Gasteiger partial charge in [-0.3, -0.25) is 9.59 Å². The molecular weight excluding hydrogens is 276 g/mol. The minimum absolute atomic E-state index is 0.107. The third-order valence-electron chi connectivity index (χ3n) is 2.52. The van der Waals surface area contributed by atoms with Crippen molar-refractivity contribution in [3.63, 3.8) is 0 Å². The first-order valence-electron chi connectivity index (χ1n) is 6.23. The predicted molar refractivity (Wildman–Crippen MR) is 79.8 cm³/mol. The summed E-state index contributed by atoms with van der Waals surface area (Å²) in [4.78, 5) is 26.0. The average Bonchev–Trinajstić information content (AvgIpc) is 2.70. The molecule has 1 aromatic heterocycles. The lowest BCUT2D eigenvalue weighted by atomic mass is 10.3. The number of carbonyl (C=O) groups excluding carboxylic acids is 1. The molecule has 0 atom stereocenters. The molecule has 0 bridgehead atoms. The zero-order valence-corrected chi connectivity index (χ0v) is 12.3. The van der Waals surface area contributed by atoms with Crippen LogP contribution in [0.25, 0.3) is 0 Å². The van der Waals surface area contributed by atoms with Gasteiger partial charge in [0.25, 0.3) is 5.91 Å². The number of aromatic nitrogens is 1. The first kappa shape index (κ1) is 14.3. The number of H-pyrrole nitrogens is 1. The van der Waals surface area contributed by atoms with Crippen LogP contribution in [0.1, 0.15) is 29.2 Å². The molecule has 2 N–H and O–H groups in total. The number of nitrogens with one attached hydrogen (secondary N) is 2. The summed E-state index contributed by atoms with van der Waals surface area (Å²) in [5, 5.41) is 2.75. The second-order valence-electron chi connectivity index (χ2n) is 4.61. The lowest BCUT2D eigenvalue weighted by Gasteiger charge is -2.10. The van der Waals surface area contributed by atoms with Gasteiger partial charge in [0.2, 0.25) is 0 Å². The minimum atomic E-state index is -0.289. The van der Waals surface area contributed by atoms with Crippen LogP contribution in [0.15, 0.2) is 29.1 Å². The highest BCUT2D eigenvalue weighted by atomic mass is 32.1. The molecule has 1 heterocycles. The summed E-state index contributed by atoms with van der Waals surface area (Å²) < 4.78 is 5.52. The molecular formula is C14H16N2O3S. The van der Waals surface area contributed by atoms with Crippen molar-refractivity contribution in [3.05, 3.63) is 44.5 Å². The van der Waals surface area contributed by atoms with Crippen molar-refractivity contribution in [2.75, 3.05) is 5.32 Å². The van der Waals surface area contributed by atoms with Crippen molar-refractivity contribution >= 4 is 22.9 Å². The van der Waals surface area contributed by atoms with Crippen molar-refractivity contribution in [1.82, 2.24) is 4.98 Å². The van der Waals surface area contributed by atoms with Gasteiger partial charge in [-0.05, 0) is 45.0 Å². The van der Waals surface area contributed by atoms with Crippen molar-refractivity contribution in [2.24, 2.45) is 0 Å². The molecule has 0 spiro atoms. The van der Waals surface area contributed by atoms with E-state index >= 15 is 0 Å². The second-order valence-corrected chi connectivity index (χ2v) is 5.60. The number of hydrogen-bond donors (Lipinski definition) is 2. The molecule has 0 saturated carbocycles. The third-order valence-corrected chi connectivity index (χ3v) is 3.50. The Morgan fingerprint density at radius 1 is 1.30 bits per heavy atom. The molecule has 0 aliphatic carbocycles. The lowest BCUT2D eigenvalue weighted by Crippen LogP contribution is -2.11. The van der Waals surface area contributed by atoms with Gasteiger partial charge >= 0.3 is 4.87 Å². The van der Waals surface area contributed by atoms with Gasteiger partial charge in [-0.2, -0.15) is 0 Å². The SMILES string of the molecule is Cc1[nH]c(=O)sc1C(=O)Nc1ccc(OC(C)C)cc1. The fourth-order valence-electron chi connectivity index (χ4n) is 1.70. The Balaban J connectivity index is 2.08. The largest absolute Gasteiger partial charge is 0.491 e. The Morgan fingerprint density at radius 3 is 2.45 bits per heavy atom. The van der Waals surface area contributed by atoms with Crippen LogP contribution in [0.5, 0.6) is 5.75 Å². The Kier molecular flexibility index (Phi) is 4.24. The van der Waals surface area contributed by atoms with E-state index < -0.39 is 0 Å². The highest BCUT2D eigenvalue weighted by Crippen LogP contribution is 2.18. The molecule has 6 heteroatoms. The van der Waals surface area contributed by atoms with Crippen LogP contribution in [-0.2, 0) is 0 Å². The Hall–Kier alpha value is -2.08. The van der Waals surface area contributed by atoms with E-state index in [2.05, 4.69) is 10.3 Å². The van der Waals surface area contributed by atoms with E-state index in [1.54, 1.807) is 31.2 Å². The van der Waals surface area contributed by atoms with Gasteiger partial charge in [0.15, 0.2) is 0 Å². The Labute approximate surface area is 120 Å². The molecule has 5 nitrogen and oxygen atoms in total. The third kappa shape index (κ3) is 3.48. The number of anilines is 1. The molecule has 2 aromatic rings. The summed E-state index contributed by atoms with van der Waals surface area (Å²) in [6, 6.07) is 7.12. The number of hydrogen-bond acceptors (Lipinski definition) is 4. The van der Waals surface area contributed by atoms with Gasteiger partial charge in [0, 0.05) is 11.4 Å². The number of carbonyl (C=O) groups is 1. The molecule has 0 radical (unpaired) electrons. The number of rotatable bonds is 4. The zero-order chi connectivity index (χ0) is 14.7. The molecule has 0 saturated heterocycles. The smallest absolute Gasteiger partial charge is 0.305 e. The van der Waals surface area contributed by atoms with E-state index in [1.165, 1.54) is 0 Å². The van der Waals surface area contributed by atoms with Gasteiger partial charge in [-0.1, -0.05) is 11.3 Å². The fourth-order valence-corrected chi connectivity index (χ4v) is 2.44. The Morgan fingerprint density at radius 2 is 1.95 bits per heavy atom. The maximum absolute atomic E-state index is 12.0. The summed E-state index contributed by atoms with van der Waals surface area (Å²) in [6.45, 7) is 5.60. The highest BCUT2D eigenvalue weighted by molar-refractivity contribution is 7.11. The summed E-state index contributed by atoms with van der Waals surface area (Å²) >= 11 is 0.905. The van der Waals surface area contributed by atoms with E-state index in [0.717, 1.165) is 17.1 Å². The zero-order valence-electron chi connectivity index (χ0n) is 11.5. The van der Waals surface area contributed by atoms with Crippen LogP contribution in [0, 0.1) is 6.92 Å². The van der Waals surface area contributed by atoms with E-state index in [4.69, 9.17) is 4.74 Å². The number of thiazole rings is 1. The maximum Gasteiger partial charge on any atom is 0.305 e. The maximum atomic E-state index is 12.0. The monoisotopic (exact) mass is 292 g/mol. The number of amides is 1. The van der Waals surface area contributed by atoms with Crippen LogP contribution in [0.4, 0.5) is 5.69 Å². The summed E-state index contributed by atoms with van der Waals surface area (Å²) in [5.74, 6) is 0.462. The van der Waals surface area contributed by atoms with Crippen LogP contribution in [-0.4, -0.2) is 17.0 Å². The van der Waals surface area contributed by atoms with Gasteiger partial charge in [-0.25, -0.2) is 0 Å². The van der Waals surface area contributed by atoms with Crippen LogP contribution >= 0.6 is 11.3 Å². The standard InChI is InChI=1S/C14H16N2O3S/c1-8(2)19-11-6-4-10(5-7-11)16-13(17)12-9(3)15-14(18)20-12/h4-8H,1-3H3,(H,15,18)(H,16,17). The quantitative estimate of drug-likeness (QED) is 0.910. The number of ether oxygens (including phenoxy) is 1. The first-order valence-corrected chi connectivity index (χ1v) is 7.05. The van der Waals surface area contributed by atoms with E-state index in [9.17, 15) is 9.59 Å². The van der Waals surface area contributed by atoms with Gasteiger partial charge in [0.1, 0.15) is 10.6 Å². The molecule has 0 unspecified atom stereocenters. The number of aryl methyl sites for hydroxylation is 1. The molecule has 0 fully saturated rings. The van der Waals surface area contributed by atoms with Gasteiger partial charge < -0.3 is 15.0 Å². The predicted octanol–water partition coefficient (Wildman–Crippen LogP) is 2.78. The van der Waals surface area contributed by atoms with Crippen LogP contribution in [0.2, 0.25) is 0 Å². The van der Waals surface area contributed by atoms with Crippen LogP contribution < -0.4 is 14.9 Å². The van der Waals surface area contributed by atoms with E-state index in [1.807, 2.05) is 13.8 Å². The van der Waals surface area contributed by atoms with E-state index in [0.29, 0.717) is 16.3 Å². The molecule has 20 heavy (non-hydrogen) atoms. The molecule has 106 valence electrons. The molecule has 2 rings (SSSR count). The molecule has 0 aliphatic heterocycles. The first-order chi connectivity index (χ1) is 9.45. The van der Waals surface area contributed by atoms with Crippen molar-refractivity contribution in [1.29, 1.82) is 0 Å². The average molecular weight is 292 g/mol. The molecule has 1 amide bonds. The Bertz CT molecular complexity index is 656.